The lowest BCUT2D eigenvalue weighted by Crippen LogP contribution is -2.36. The van der Waals surface area contributed by atoms with E-state index in [4.69, 9.17) is 24.7 Å². The van der Waals surface area contributed by atoms with Crippen molar-refractivity contribution in [1.29, 1.82) is 0 Å². The number of aromatic nitrogens is 2. The van der Waals surface area contributed by atoms with E-state index in [1.807, 2.05) is 6.92 Å². The number of hydrogen-bond acceptors (Lipinski definition) is 13. The molecule has 0 radical (unpaired) electrons. The highest BCUT2D eigenvalue weighted by Gasteiger charge is 2.38. The van der Waals surface area contributed by atoms with Crippen LogP contribution in [0.25, 0.3) is 0 Å². The summed E-state index contributed by atoms with van der Waals surface area (Å²) in [5.74, 6) is -4.59. The number of likely N-dealkylation sites (tertiary alicyclic amines) is 2. The number of alkyl halides is 6. The standard InChI is InChI=1S/C49H63F6N9O10/c1-8-9-10-13-38(65)59-32-20-28(48(50,51)52)22-34(40(32)71-30-15-18-63(25-30)44(69)73-46(2,3)4)61-42(67)36-24-37(58-27-57-36)43(68)62-35-23-29(49(53,54)55)21-33(60-39(66)14-11-12-17-56)41(35)72-31-16-19-64(26-31)45(70)74-47(5,6)7/h20-24,27,30-31H,8-19,25-26,56H2,1-7H3,(H,59,65)(H,60,66)(H,61,67)(H,62,68)/t30-,31-/m1/s1. The molecule has 3 aromatic rings. The number of halogens is 6. The summed E-state index contributed by atoms with van der Waals surface area (Å²) in [7, 11) is 0. The number of unbranched alkanes of at least 4 members (excludes halogenated alkanes) is 3. The van der Waals surface area contributed by atoms with E-state index >= 15 is 0 Å². The highest BCUT2D eigenvalue weighted by atomic mass is 19.4. The molecule has 0 aliphatic carbocycles. The Labute approximate surface area is 423 Å². The maximum absolute atomic E-state index is 14.5. The summed E-state index contributed by atoms with van der Waals surface area (Å²) in [5.41, 5.74) is -2.10. The number of nitrogens with zero attached hydrogens (tertiary/aromatic N) is 4. The molecule has 2 atom stereocenters. The summed E-state index contributed by atoms with van der Waals surface area (Å²) in [6, 6.07) is 3.20. The second-order valence-corrected chi connectivity index (χ2v) is 19.7. The van der Waals surface area contributed by atoms with Gasteiger partial charge in [-0.2, -0.15) is 26.3 Å². The van der Waals surface area contributed by atoms with Crippen molar-refractivity contribution in [1.82, 2.24) is 19.8 Å². The normalized spacial score (nSPS) is 16.1. The number of anilines is 4. The Morgan fingerprint density at radius 1 is 0.595 bits per heavy atom. The van der Waals surface area contributed by atoms with E-state index in [9.17, 15) is 55.1 Å². The van der Waals surface area contributed by atoms with E-state index in [0.29, 0.717) is 49.9 Å². The molecule has 406 valence electrons. The van der Waals surface area contributed by atoms with Crippen molar-refractivity contribution < 1.29 is 74.1 Å². The van der Waals surface area contributed by atoms with Gasteiger partial charge in [0.25, 0.3) is 11.8 Å². The van der Waals surface area contributed by atoms with Crippen LogP contribution in [-0.2, 0) is 31.4 Å². The van der Waals surface area contributed by atoms with Crippen LogP contribution in [0.3, 0.4) is 0 Å². The van der Waals surface area contributed by atoms with Gasteiger partial charge in [-0.1, -0.05) is 19.8 Å². The van der Waals surface area contributed by atoms with E-state index < -0.39 is 128 Å². The number of nitrogens with one attached hydrogen (secondary N) is 4. The second kappa shape index (κ2) is 24.4. The van der Waals surface area contributed by atoms with Gasteiger partial charge < -0.3 is 55.7 Å². The highest BCUT2D eigenvalue weighted by Crippen LogP contribution is 2.44. The van der Waals surface area contributed by atoms with Gasteiger partial charge in [0.2, 0.25) is 11.8 Å². The fourth-order valence-corrected chi connectivity index (χ4v) is 7.55. The quantitative estimate of drug-likeness (QED) is 0.0589. The summed E-state index contributed by atoms with van der Waals surface area (Å²) < 4.78 is 110. The molecule has 19 nitrogen and oxygen atoms in total. The summed E-state index contributed by atoms with van der Waals surface area (Å²) in [6.07, 6.45) is -9.68. The molecule has 3 heterocycles. The lowest BCUT2D eigenvalue weighted by Gasteiger charge is -2.25. The van der Waals surface area contributed by atoms with Gasteiger partial charge in [-0.15, -0.1) is 0 Å². The number of amides is 6. The number of ether oxygens (including phenoxy) is 4. The molecule has 0 spiro atoms. The van der Waals surface area contributed by atoms with Gasteiger partial charge in [-0.3, -0.25) is 19.2 Å². The third-order valence-electron chi connectivity index (χ3n) is 11.0. The Hall–Kier alpha value is -6.92. The maximum atomic E-state index is 14.5. The van der Waals surface area contributed by atoms with E-state index in [1.54, 1.807) is 41.5 Å². The number of benzene rings is 2. The largest absolute Gasteiger partial charge is 0.484 e. The molecule has 0 saturated carbocycles. The van der Waals surface area contributed by atoms with Gasteiger partial charge >= 0.3 is 24.5 Å². The van der Waals surface area contributed by atoms with Gasteiger partial charge in [0.1, 0.15) is 41.1 Å². The van der Waals surface area contributed by atoms with E-state index in [0.717, 1.165) is 18.8 Å². The Morgan fingerprint density at radius 2 is 0.973 bits per heavy atom. The lowest BCUT2D eigenvalue weighted by atomic mass is 10.1. The SMILES string of the molecule is CCCCCC(=O)Nc1cc(C(F)(F)F)cc(NC(=O)c2cc(C(=O)Nc3cc(C(F)(F)F)cc(NC(=O)CCCCN)c3O[C@@H]3CCN(C(=O)OC(C)(C)C)C3)ncn2)c1O[C@@H]1CCN(C(=O)OC(C)(C)C)C1. The number of nitrogens with two attached hydrogens (primary N) is 1. The van der Waals surface area contributed by atoms with Crippen molar-refractivity contribution >= 4 is 58.6 Å². The summed E-state index contributed by atoms with van der Waals surface area (Å²) >= 11 is 0. The first kappa shape index (κ1) is 58.0. The number of rotatable bonds is 18. The summed E-state index contributed by atoms with van der Waals surface area (Å²) in [6.45, 7) is 12.3. The Bertz CT molecular complexity index is 2360. The predicted octanol–water partition coefficient (Wildman–Crippen LogP) is 9.38. The average molecular weight is 1050 g/mol. The Morgan fingerprint density at radius 3 is 1.32 bits per heavy atom. The Kier molecular flexibility index (Phi) is 19.1. The minimum atomic E-state index is -5.03. The van der Waals surface area contributed by atoms with Gasteiger partial charge in [0.05, 0.1) is 47.0 Å². The first-order chi connectivity index (χ1) is 34.5. The van der Waals surface area contributed by atoms with Crippen molar-refractivity contribution in [3.05, 3.63) is 59.2 Å². The molecule has 6 N–H and O–H groups in total. The Balaban J connectivity index is 1.50. The van der Waals surface area contributed by atoms with Crippen LogP contribution in [0.4, 0.5) is 58.7 Å². The van der Waals surface area contributed by atoms with Gasteiger partial charge in [-0.05, 0) is 91.6 Å². The van der Waals surface area contributed by atoms with E-state index in [-0.39, 0.29) is 58.4 Å². The molecule has 1 aromatic heterocycles. The van der Waals surface area contributed by atoms with Crippen LogP contribution in [0.5, 0.6) is 11.5 Å². The third kappa shape index (κ3) is 17.1. The van der Waals surface area contributed by atoms with Gasteiger partial charge in [0.15, 0.2) is 11.5 Å². The fraction of sp³-hybridized carbons (Fsp3) is 0.551. The van der Waals surface area contributed by atoms with E-state index in [2.05, 4.69) is 31.2 Å². The van der Waals surface area contributed by atoms with Crippen LogP contribution < -0.4 is 36.5 Å². The fourth-order valence-electron chi connectivity index (χ4n) is 7.55. The van der Waals surface area contributed by atoms with Crippen molar-refractivity contribution in [3.63, 3.8) is 0 Å². The highest BCUT2D eigenvalue weighted by molar-refractivity contribution is 6.09. The molecule has 0 unspecified atom stereocenters. The van der Waals surface area contributed by atoms with Crippen LogP contribution in [0.15, 0.2) is 36.7 Å². The van der Waals surface area contributed by atoms with Gasteiger partial charge in [-0.25, -0.2) is 19.6 Å². The van der Waals surface area contributed by atoms with Crippen molar-refractivity contribution in [2.75, 3.05) is 54.0 Å². The minimum Gasteiger partial charge on any atom is -0.484 e. The maximum Gasteiger partial charge on any atom is 0.416 e. The molecule has 25 heteroatoms. The van der Waals surface area contributed by atoms with Crippen molar-refractivity contribution in [2.45, 2.75) is 142 Å². The number of hydrogen-bond donors (Lipinski definition) is 5. The molecule has 2 aliphatic rings. The summed E-state index contributed by atoms with van der Waals surface area (Å²) in [5, 5.41) is 9.56. The summed E-state index contributed by atoms with van der Waals surface area (Å²) in [4.78, 5) is 90.4. The molecule has 2 saturated heterocycles. The first-order valence-electron chi connectivity index (χ1n) is 24.1. The lowest BCUT2D eigenvalue weighted by molar-refractivity contribution is -0.138. The van der Waals surface area contributed by atoms with Crippen LogP contribution in [0, 0.1) is 0 Å². The monoisotopic (exact) mass is 1050 g/mol. The van der Waals surface area contributed by atoms with E-state index in [1.165, 1.54) is 9.80 Å². The topological polar surface area (TPSA) is 246 Å². The van der Waals surface area contributed by atoms with Gasteiger partial charge in [0, 0.05) is 44.8 Å². The molecule has 6 amide bonds. The third-order valence-corrected chi connectivity index (χ3v) is 11.0. The zero-order valence-corrected chi connectivity index (χ0v) is 42.2. The smallest absolute Gasteiger partial charge is 0.416 e. The van der Waals surface area contributed by atoms with Crippen LogP contribution in [-0.4, -0.2) is 112 Å². The predicted molar refractivity (Wildman–Crippen MR) is 259 cm³/mol. The molecule has 2 aromatic carbocycles. The first-order valence-corrected chi connectivity index (χ1v) is 24.1. The molecule has 0 bridgehead atoms. The van der Waals surface area contributed by atoms with Crippen LogP contribution >= 0.6 is 0 Å². The second-order valence-electron chi connectivity index (χ2n) is 19.7. The number of carbonyl (C=O) groups excluding carboxylic acids is 6. The molecule has 5 rings (SSSR count). The zero-order chi connectivity index (χ0) is 54.8. The van der Waals surface area contributed by atoms with Crippen molar-refractivity contribution in [3.8, 4) is 11.5 Å². The molecule has 74 heavy (non-hydrogen) atoms. The van der Waals surface area contributed by atoms with Crippen LogP contribution in [0.1, 0.15) is 138 Å². The molecule has 2 aliphatic heterocycles. The zero-order valence-electron chi connectivity index (χ0n) is 42.2. The van der Waals surface area contributed by atoms with Crippen LogP contribution in [0.2, 0.25) is 0 Å². The molecular formula is C49H63F6N9O10. The van der Waals surface area contributed by atoms with Crippen molar-refractivity contribution in [2.24, 2.45) is 5.73 Å². The number of carbonyl (C=O) groups is 6. The minimum absolute atomic E-state index is 0.0561. The average Bonchev–Trinajstić information content (AvgIpc) is 3.97. The molecular weight excluding hydrogens is 989 g/mol. The molecule has 2 fully saturated rings.